The number of anilines is 1. The van der Waals surface area contributed by atoms with Crippen molar-refractivity contribution in [3.05, 3.63) is 11.9 Å². The van der Waals surface area contributed by atoms with Crippen LogP contribution in [-0.2, 0) is 4.79 Å². The van der Waals surface area contributed by atoms with E-state index in [1.807, 2.05) is 25.7 Å². The molecule has 6 nitrogen and oxygen atoms in total. The molecule has 0 aliphatic rings. The van der Waals surface area contributed by atoms with Crippen LogP contribution in [0.3, 0.4) is 0 Å². The van der Waals surface area contributed by atoms with Crippen molar-refractivity contribution in [3.8, 4) is 5.88 Å². The first-order valence-corrected chi connectivity index (χ1v) is 6.43. The molecule has 0 bridgehead atoms. The summed E-state index contributed by atoms with van der Waals surface area (Å²) in [5.41, 5.74) is 0.837. The summed E-state index contributed by atoms with van der Waals surface area (Å²) < 4.78 is 5.43. The molecule has 1 aromatic rings. The molecule has 0 radical (unpaired) electrons. The Hall–Kier alpha value is -1.85. The van der Waals surface area contributed by atoms with Gasteiger partial charge >= 0.3 is 5.97 Å². The highest BCUT2D eigenvalue weighted by Crippen LogP contribution is 2.24. The number of hydrogen-bond acceptors (Lipinski definition) is 5. The molecule has 19 heavy (non-hydrogen) atoms. The van der Waals surface area contributed by atoms with Crippen LogP contribution in [0.25, 0.3) is 0 Å². The maximum atomic E-state index is 11.0. The third-order valence-corrected chi connectivity index (χ3v) is 2.89. The van der Waals surface area contributed by atoms with Crippen LogP contribution in [-0.4, -0.2) is 40.7 Å². The van der Waals surface area contributed by atoms with Gasteiger partial charge in [-0.1, -0.05) is 6.92 Å². The highest BCUT2D eigenvalue weighted by molar-refractivity contribution is 5.70. The van der Waals surface area contributed by atoms with Gasteiger partial charge in [0.05, 0.1) is 18.1 Å². The second-order valence-corrected chi connectivity index (χ2v) is 4.34. The van der Waals surface area contributed by atoms with Crippen LogP contribution in [0.4, 0.5) is 5.82 Å². The summed E-state index contributed by atoms with van der Waals surface area (Å²) in [6, 6.07) is 0. The van der Waals surface area contributed by atoms with Crippen LogP contribution in [0.2, 0.25) is 0 Å². The average molecular weight is 267 g/mol. The summed E-state index contributed by atoms with van der Waals surface area (Å²) in [5.74, 6) is 0.0167. The molecular weight excluding hydrogens is 246 g/mol. The third-order valence-electron chi connectivity index (χ3n) is 2.89. The molecule has 0 spiro atoms. The van der Waals surface area contributed by atoms with E-state index in [4.69, 9.17) is 9.84 Å². The summed E-state index contributed by atoms with van der Waals surface area (Å²) in [4.78, 5) is 21.2. The van der Waals surface area contributed by atoms with Gasteiger partial charge in [-0.2, -0.15) is 0 Å². The minimum Gasteiger partial charge on any atom is -0.481 e. The van der Waals surface area contributed by atoms with E-state index < -0.39 is 11.9 Å². The molecule has 1 rings (SSSR count). The van der Waals surface area contributed by atoms with E-state index in [0.717, 1.165) is 11.4 Å². The molecule has 6 heteroatoms. The predicted molar refractivity (Wildman–Crippen MR) is 72.6 cm³/mol. The molecule has 1 aromatic heterocycles. The van der Waals surface area contributed by atoms with Crippen LogP contribution in [0, 0.1) is 12.8 Å². The molecule has 0 saturated heterocycles. The van der Waals surface area contributed by atoms with Crippen molar-refractivity contribution in [3.63, 3.8) is 0 Å². The number of rotatable bonds is 7. The van der Waals surface area contributed by atoms with E-state index in [0.29, 0.717) is 25.6 Å². The topological polar surface area (TPSA) is 75.6 Å². The molecule has 0 aliphatic carbocycles. The quantitative estimate of drug-likeness (QED) is 0.811. The lowest BCUT2D eigenvalue weighted by Gasteiger charge is -2.25. The molecule has 106 valence electrons. The number of hydrogen-bond donors (Lipinski definition) is 1. The molecule has 0 saturated carbocycles. The van der Waals surface area contributed by atoms with Crippen LogP contribution in [0.15, 0.2) is 6.33 Å². The fourth-order valence-electron chi connectivity index (χ4n) is 1.80. The third kappa shape index (κ3) is 3.81. The van der Waals surface area contributed by atoms with Gasteiger partial charge in [-0.05, 0) is 20.8 Å². The zero-order chi connectivity index (χ0) is 14.4. The first kappa shape index (κ1) is 15.2. The van der Waals surface area contributed by atoms with E-state index in [-0.39, 0.29) is 0 Å². The molecule has 0 aromatic carbocycles. The van der Waals surface area contributed by atoms with Gasteiger partial charge in [-0.15, -0.1) is 0 Å². The lowest BCUT2D eigenvalue weighted by atomic mass is 10.1. The summed E-state index contributed by atoms with van der Waals surface area (Å²) in [7, 11) is 0. The lowest BCUT2D eigenvalue weighted by Crippen LogP contribution is -2.33. The Kier molecular flexibility index (Phi) is 5.54. The Balaban J connectivity index is 2.98. The predicted octanol–water partition coefficient (Wildman–Crippen LogP) is 1.73. The highest BCUT2D eigenvalue weighted by Gasteiger charge is 2.19. The molecule has 1 N–H and O–H groups in total. The lowest BCUT2D eigenvalue weighted by molar-refractivity contribution is -0.140. The van der Waals surface area contributed by atoms with E-state index in [1.165, 1.54) is 6.33 Å². The average Bonchev–Trinajstić information content (AvgIpc) is 2.38. The number of aliphatic carboxylic acids is 1. The maximum Gasteiger partial charge on any atom is 0.308 e. The summed E-state index contributed by atoms with van der Waals surface area (Å²) in [6.45, 7) is 9.06. The SMILES string of the molecule is CCOc1ncnc(N(CC)CC(C)C(=O)O)c1C. The fraction of sp³-hybridized carbons (Fsp3) is 0.615. The monoisotopic (exact) mass is 267 g/mol. The number of aromatic nitrogens is 2. The molecule has 0 aliphatic heterocycles. The second-order valence-electron chi connectivity index (χ2n) is 4.34. The summed E-state index contributed by atoms with van der Waals surface area (Å²) >= 11 is 0. The molecule has 0 amide bonds. The van der Waals surface area contributed by atoms with Crippen LogP contribution < -0.4 is 9.64 Å². The molecule has 1 heterocycles. The number of nitrogens with zero attached hydrogens (tertiary/aromatic N) is 3. The Bertz CT molecular complexity index is 437. The minimum absolute atomic E-state index is 0.412. The van der Waals surface area contributed by atoms with Crippen LogP contribution in [0.1, 0.15) is 26.3 Å². The first-order chi connectivity index (χ1) is 9.01. The zero-order valence-electron chi connectivity index (χ0n) is 11.9. The minimum atomic E-state index is -0.810. The highest BCUT2D eigenvalue weighted by atomic mass is 16.5. The Morgan fingerprint density at radius 3 is 2.68 bits per heavy atom. The van der Waals surface area contributed by atoms with Crippen molar-refractivity contribution < 1.29 is 14.6 Å². The van der Waals surface area contributed by atoms with Gasteiger partial charge in [0, 0.05) is 13.1 Å². The Labute approximate surface area is 113 Å². The van der Waals surface area contributed by atoms with E-state index in [9.17, 15) is 4.79 Å². The van der Waals surface area contributed by atoms with Crippen molar-refractivity contribution in [2.24, 2.45) is 5.92 Å². The molecule has 0 fully saturated rings. The normalized spacial score (nSPS) is 12.0. The standard InChI is InChI=1S/C13H21N3O3/c1-5-16(7-9(3)13(17)18)11-10(4)12(19-6-2)15-8-14-11/h8-9H,5-7H2,1-4H3,(H,17,18). The van der Waals surface area contributed by atoms with Gasteiger partial charge < -0.3 is 14.7 Å². The Morgan fingerprint density at radius 1 is 1.47 bits per heavy atom. The maximum absolute atomic E-state index is 11.0. The van der Waals surface area contributed by atoms with Crippen LogP contribution in [0.5, 0.6) is 5.88 Å². The van der Waals surface area contributed by atoms with E-state index >= 15 is 0 Å². The fourth-order valence-corrected chi connectivity index (χ4v) is 1.80. The number of carboxylic acid groups (broad SMARTS) is 1. The second kappa shape index (κ2) is 6.92. The van der Waals surface area contributed by atoms with E-state index in [2.05, 4.69) is 9.97 Å². The number of carboxylic acids is 1. The Morgan fingerprint density at radius 2 is 2.16 bits per heavy atom. The molecule has 1 unspecified atom stereocenters. The number of ether oxygens (including phenoxy) is 1. The molecular formula is C13H21N3O3. The number of carbonyl (C=O) groups is 1. The van der Waals surface area contributed by atoms with Gasteiger partial charge in [0.2, 0.25) is 5.88 Å². The summed E-state index contributed by atoms with van der Waals surface area (Å²) in [5, 5.41) is 9.00. The van der Waals surface area contributed by atoms with Gasteiger partial charge in [-0.25, -0.2) is 9.97 Å². The molecule has 1 atom stereocenters. The largest absolute Gasteiger partial charge is 0.481 e. The van der Waals surface area contributed by atoms with Gasteiger partial charge in [-0.3, -0.25) is 4.79 Å². The smallest absolute Gasteiger partial charge is 0.308 e. The van der Waals surface area contributed by atoms with Gasteiger partial charge in [0.1, 0.15) is 12.1 Å². The first-order valence-electron chi connectivity index (χ1n) is 6.43. The van der Waals surface area contributed by atoms with Crippen molar-refractivity contribution in [2.75, 3.05) is 24.6 Å². The van der Waals surface area contributed by atoms with E-state index in [1.54, 1.807) is 6.92 Å². The van der Waals surface area contributed by atoms with Gasteiger partial charge in [0.15, 0.2) is 0 Å². The van der Waals surface area contributed by atoms with Crippen molar-refractivity contribution in [1.29, 1.82) is 0 Å². The zero-order valence-corrected chi connectivity index (χ0v) is 11.9. The van der Waals surface area contributed by atoms with Crippen molar-refractivity contribution >= 4 is 11.8 Å². The van der Waals surface area contributed by atoms with Crippen molar-refractivity contribution in [1.82, 2.24) is 9.97 Å². The summed E-state index contributed by atoms with van der Waals surface area (Å²) in [6.07, 6.45) is 1.45. The van der Waals surface area contributed by atoms with Crippen molar-refractivity contribution in [2.45, 2.75) is 27.7 Å². The van der Waals surface area contributed by atoms with Gasteiger partial charge in [0.25, 0.3) is 0 Å². The van der Waals surface area contributed by atoms with Crippen LogP contribution >= 0.6 is 0 Å².